The topological polar surface area (TPSA) is 12.0 Å². The summed E-state index contributed by atoms with van der Waals surface area (Å²) in [4.78, 5) is 0. The van der Waals surface area contributed by atoms with Gasteiger partial charge in [0.05, 0.1) is 0 Å². The zero-order chi connectivity index (χ0) is 11.1. The van der Waals surface area contributed by atoms with Gasteiger partial charge in [-0.25, -0.2) is 0 Å². The molecule has 1 aromatic carbocycles. The number of hydrogen-bond acceptors (Lipinski definition) is 1. The van der Waals surface area contributed by atoms with E-state index in [9.17, 15) is 0 Å². The average Bonchev–Trinajstić information content (AvgIpc) is 2.22. The van der Waals surface area contributed by atoms with Crippen LogP contribution in [0.3, 0.4) is 0 Å². The van der Waals surface area contributed by atoms with Crippen molar-refractivity contribution in [3.05, 3.63) is 35.4 Å². The van der Waals surface area contributed by atoms with Gasteiger partial charge in [0.2, 0.25) is 0 Å². The van der Waals surface area contributed by atoms with Crippen LogP contribution in [0.15, 0.2) is 24.3 Å². The minimum atomic E-state index is 0.780. The van der Waals surface area contributed by atoms with E-state index in [1.807, 2.05) is 7.05 Å². The predicted molar refractivity (Wildman–Crippen MR) is 67.2 cm³/mol. The van der Waals surface area contributed by atoms with Gasteiger partial charge < -0.3 is 5.32 Å². The molecule has 0 radical (unpaired) electrons. The normalized spacial score (nSPS) is 12.7. The Kier molecular flexibility index (Phi) is 5.41. The standard InChI is InChI=1S/C14H23N/c1-4-5-14(11-15-3)10-13-8-6-12(2)7-9-13/h6-9,14-15H,4-5,10-11H2,1-3H3. The van der Waals surface area contributed by atoms with Gasteiger partial charge in [0.1, 0.15) is 0 Å². The van der Waals surface area contributed by atoms with Gasteiger partial charge >= 0.3 is 0 Å². The summed E-state index contributed by atoms with van der Waals surface area (Å²) in [6.45, 7) is 5.53. The van der Waals surface area contributed by atoms with E-state index in [1.165, 1.54) is 30.4 Å². The van der Waals surface area contributed by atoms with E-state index in [0.717, 1.165) is 12.5 Å². The van der Waals surface area contributed by atoms with E-state index in [1.54, 1.807) is 0 Å². The van der Waals surface area contributed by atoms with Gasteiger partial charge in [-0.2, -0.15) is 0 Å². The summed E-state index contributed by atoms with van der Waals surface area (Å²) in [5.74, 6) is 0.780. The Bertz CT molecular complexity index is 257. The zero-order valence-corrected chi connectivity index (χ0v) is 10.2. The van der Waals surface area contributed by atoms with Crippen molar-refractivity contribution in [1.29, 1.82) is 0 Å². The van der Waals surface area contributed by atoms with Crippen molar-refractivity contribution >= 4 is 0 Å². The third-order valence-corrected chi connectivity index (χ3v) is 2.83. The van der Waals surface area contributed by atoms with Gasteiger partial charge in [0, 0.05) is 0 Å². The smallest absolute Gasteiger partial charge is 0.00203 e. The molecule has 15 heavy (non-hydrogen) atoms. The molecule has 0 heterocycles. The van der Waals surface area contributed by atoms with Crippen LogP contribution in [0.4, 0.5) is 0 Å². The predicted octanol–water partition coefficient (Wildman–Crippen LogP) is 3.17. The van der Waals surface area contributed by atoms with Crippen molar-refractivity contribution in [3.8, 4) is 0 Å². The molecule has 0 fully saturated rings. The van der Waals surface area contributed by atoms with Gasteiger partial charge in [-0.05, 0) is 44.8 Å². The molecule has 1 heteroatoms. The first-order valence-corrected chi connectivity index (χ1v) is 5.96. The number of aryl methyl sites for hydroxylation is 1. The highest BCUT2D eigenvalue weighted by atomic mass is 14.8. The van der Waals surface area contributed by atoms with E-state index in [-0.39, 0.29) is 0 Å². The molecule has 84 valence electrons. The van der Waals surface area contributed by atoms with Gasteiger partial charge in [-0.3, -0.25) is 0 Å². The molecule has 0 amide bonds. The highest BCUT2D eigenvalue weighted by Crippen LogP contribution is 2.14. The zero-order valence-electron chi connectivity index (χ0n) is 10.2. The maximum atomic E-state index is 3.28. The molecule has 0 bridgehead atoms. The molecule has 0 spiro atoms. The minimum absolute atomic E-state index is 0.780. The Morgan fingerprint density at radius 2 is 1.87 bits per heavy atom. The molecule has 0 aliphatic heterocycles. The monoisotopic (exact) mass is 205 g/mol. The van der Waals surface area contributed by atoms with E-state index in [2.05, 4.69) is 43.4 Å². The molecular formula is C14H23N. The molecule has 1 rings (SSSR count). The third kappa shape index (κ3) is 4.48. The van der Waals surface area contributed by atoms with Crippen LogP contribution in [-0.2, 0) is 6.42 Å². The van der Waals surface area contributed by atoms with Gasteiger partial charge in [-0.15, -0.1) is 0 Å². The molecule has 0 aliphatic rings. The molecule has 0 saturated heterocycles. The minimum Gasteiger partial charge on any atom is -0.319 e. The lowest BCUT2D eigenvalue weighted by molar-refractivity contribution is 0.456. The third-order valence-electron chi connectivity index (χ3n) is 2.83. The number of benzene rings is 1. The van der Waals surface area contributed by atoms with E-state index < -0.39 is 0 Å². The SMILES string of the molecule is CCCC(CNC)Cc1ccc(C)cc1. The van der Waals surface area contributed by atoms with E-state index in [4.69, 9.17) is 0 Å². The van der Waals surface area contributed by atoms with Gasteiger partial charge in [0.15, 0.2) is 0 Å². The first-order valence-electron chi connectivity index (χ1n) is 5.96. The van der Waals surface area contributed by atoms with Crippen LogP contribution in [-0.4, -0.2) is 13.6 Å². The second-order valence-electron chi connectivity index (χ2n) is 4.40. The number of rotatable bonds is 6. The average molecular weight is 205 g/mol. The fraction of sp³-hybridized carbons (Fsp3) is 0.571. The van der Waals surface area contributed by atoms with Crippen molar-refractivity contribution in [2.45, 2.75) is 33.1 Å². The summed E-state index contributed by atoms with van der Waals surface area (Å²) in [7, 11) is 2.04. The summed E-state index contributed by atoms with van der Waals surface area (Å²) in [6.07, 6.45) is 3.79. The van der Waals surface area contributed by atoms with Crippen molar-refractivity contribution in [2.75, 3.05) is 13.6 Å². The fourth-order valence-electron chi connectivity index (χ4n) is 2.03. The molecule has 1 unspecified atom stereocenters. The Hall–Kier alpha value is -0.820. The lowest BCUT2D eigenvalue weighted by Gasteiger charge is -2.15. The first-order chi connectivity index (χ1) is 7.26. The lowest BCUT2D eigenvalue weighted by atomic mass is 9.94. The molecule has 1 atom stereocenters. The second kappa shape index (κ2) is 6.62. The van der Waals surface area contributed by atoms with Crippen LogP contribution >= 0.6 is 0 Å². The second-order valence-corrected chi connectivity index (χ2v) is 4.40. The summed E-state index contributed by atoms with van der Waals surface area (Å²) in [6, 6.07) is 8.93. The van der Waals surface area contributed by atoms with Crippen LogP contribution in [0, 0.1) is 12.8 Å². The van der Waals surface area contributed by atoms with Crippen LogP contribution in [0.25, 0.3) is 0 Å². The van der Waals surface area contributed by atoms with E-state index in [0.29, 0.717) is 0 Å². The van der Waals surface area contributed by atoms with Crippen LogP contribution in [0.1, 0.15) is 30.9 Å². The van der Waals surface area contributed by atoms with Crippen molar-refractivity contribution in [2.24, 2.45) is 5.92 Å². The Labute approximate surface area is 93.9 Å². The Morgan fingerprint density at radius 3 is 2.40 bits per heavy atom. The lowest BCUT2D eigenvalue weighted by Crippen LogP contribution is -2.20. The largest absolute Gasteiger partial charge is 0.319 e. The van der Waals surface area contributed by atoms with Crippen molar-refractivity contribution in [3.63, 3.8) is 0 Å². The van der Waals surface area contributed by atoms with Crippen LogP contribution in [0.2, 0.25) is 0 Å². The quantitative estimate of drug-likeness (QED) is 0.752. The molecule has 1 nitrogen and oxygen atoms in total. The summed E-state index contributed by atoms with van der Waals surface area (Å²) >= 11 is 0. The highest BCUT2D eigenvalue weighted by Gasteiger charge is 2.07. The molecule has 0 aromatic heterocycles. The van der Waals surface area contributed by atoms with Crippen LogP contribution < -0.4 is 5.32 Å². The molecule has 0 saturated carbocycles. The Morgan fingerprint density at radius 1 is 1.20 bits per heavy atom. The first kappa shape index (κ1) is 12.3. The van der Waals surface area contributed by atoms with Crippen LogP contribution in [0.5, 0.6) is 0 Å². The van der Waals surface area contributed by atoms with E-state index >= 15 is 0 Å². The summed E-state index contributed by atoms with van der Waals surface area (Å²) in [5.41, 5.74) is 2.81. The molecule has 1 aromatic rings. The Balaban J connectivity index is 2.53. The summed E-state index contributed by atoms with van der Waals surface area (Å²) in [5, 5.41) is 3.28. The summed E-state index contributed by atoms with van der Waals surface area (Å²) < 4.78 is 0. The van der Waals surface area contributed by atoms with Crippen molar-refractivity contribution < 1.29 is 0 Å². The molecular weight excluding hydrogens is 182 g/mol. The number of hydrogen-bond donors (Lipinski definition) is 1. The highest BCUT2D eigenvalue weighted by molar-refractivity contribution is 5.21. The maximum absolute atomic E-state index is 3.28. The van der Waals surface area contributed by atoms with Gasteiger partial charge in [-0.1, -0.05) is 43.2 Å². The maximum Gasteiger partial charge on any atom is -0.00203 e. The number of nitrogens with one attached hydrogen (secondary N) is 1. The van der Waals surface area contributed by atoms with Gasteiger partial charge in [0.25, 0.3) is 0 Å². The molecule has 0 aliphatic carbocycles. The fourth-order valence-corrected chi connectivity index (χ4v) is 2.03. The molecule has 1 N–H and O–H groups in total. The van der Waals surface area contributed by atoms with Crippen molar-refractivity contribution in [1.82, 2.24) is 5.32 Å².